The Morgan fingerprint density at radius 3 is 2.20 bits per heavy atom. The molecule has 0 unspecified atom stereocenters. The van der Waals surface area contributed by atoms with Gasteiger partial charge in [-0.15, -0.1) is 0 Å². The lowest BCUT2D eigenvalue weighted by Crippen LogP contribution is -2.17. The number of rotatable bonds is 2. The SMILES string of the molecule is O=C1C=C(Sc2ccc(O)cc2)c2ccccc2C1=O. The van der Waals surface area contributed by atoms with Crippen LogP contribution in [0.4, 0.5) is 0 Å². The Balaban J connectivity index is 2.01. The van der Waals surface area contributed by atoms with Gasteiger partial charge in [0.15, 0.2) is 0 Å². The van der Waals surface area contributed by atoms with Gasteiger partial charge in [0.05, 0.1) is 0 Å². The first-order valence-electron chi connectivity index (χ1n) is 6.02. The van der Waals surface area contributed by atoms with E-state index in [0.717, 1.165) is 15.4 Å². The molecule has 0 aliphatic heterocycles. The Morgan fingerprint density at radius 2 is 1.50 bits per heavy atom. The molecule has 0 fully saturated rings. The monoisotopic (exact) mass is 282 g/mol. The van der Waals surface area contributed by atoms with Gasteiger partial charge in [0.1, 0.15) is 5.75 Å². The number of benzene rings is 2. The molecule has 0 saturated carbocycles. The van der Waals surface area contributed by atoms with Crippen molar-refractivity contribution in [3.8, 4) is 5.75 Å². The number of thioether (sulfide) groups is 1. The van der Waals surface area contributed by atoms with E-state index in [-0.39, 0.29) is 5.75 Å². The van der Waals surface area contributed by atoms with E-state index in [1.54, 1.807) is 36.4 Å². The zero-order chi connectivity index (χ0) is 14.1. The standard InChI is InChI=1S/C16H10O3S/c17-10-5-7-11(8-6-10)20-15-9-14(18)16(19)13-4-2-1-3-12(13)15/h1-9,17H. The first kappa shape index (κ1) is 12.7. The van der Waals surface area contributed by atoms with Crippen LogP contribution in [0.5, 0.6) is 5.75 Å². The number of aromatic hydroxyl groups is 1. The van der Waals surface area contributed by atoms with Gasteiger partial charge in [-0.25, -0.2) is 0 Å². The second-order valence-corrected chi connectivity index (χ2v) is 5.46. The molecule has 2 aromatic rings. The molecule has 0 radical (unpaired) electrons. The average molecular weight is 282 g/mol. The quantitative estimate of drug-likeness (QED) is 0.859. The summed E-state index contributed by atoms with van der Waals surface area (Å²) in [5.41, 5.74) is 1.22. The second kappa shape index (κ2) is 4.98. The summed E-state index contributed by atoms with van der Waals surface area (Å²) in [6.45, 7) is 0. The van der Waals surface area contributed by atoms with Crippen molar-refractivity contribution in [1.29, 1.82) is 0 Å². The molecule has 2 aromatic carbocycles. The van der Waals surface area contributed by atoms with Crippen LogP contribution in [-0.4, -0.2) is 16.7 Å². The fourth-order valence-corrected chi connectivity index (χ4v) is 3.00. The highest BCUT2D eigenvalue weighted by molar-refractivity contribution is 8.08. The van der Waals surface area contributed by atoms with Crippen LogP contribution in [0.15, 0.2) is 59.5 Å². The maximum Gasteiger partial charge on any atom is 0.233 e. The molecule has 1 N–H and O–H groups in total. The summed E-state index contributed by atoms with van der Waals surface area (Å²) in [5.74, 6) is -0.765. The molecule has 0 atom stereocenters. The van der Waals surface area contributed by atoms with E-state index in [1.165, 1.54) is 17.8 Å². The largest absolute Gasteiger partial charge is 0.508 e. The summed E-state index contributed by atoms with van der Waals surface area (Å²) in [6, 6.07) is 13.8. The molecule has 0 bridgehead atoms. The van der Waals surface area contributed by atoms with Crippen LogP contribution in [0.2, 0.25) is 0 Å². The third kappa shape index (κ3) is 2.26. The fourth-order valence-electron chi connectivity index (χ4n) is 2.02. The molecular weight excluding hydrogens is 272 g/mol. The fraction of sp³-hybridized carbons (Fsp3) is 0. The third-order valence-electron chi connectivity index (χ3n) is 2.99. The minimum Gasteiger partial charge on any atom is -0.508 e. The molecule has 4 heteroatoms. The maximum absolute atomic E-state index is 11.8. The van der Waals surface area contributed by atoms with Crippen LogP contribution in [0, 0.1) is 0 Å². The molecule has 1 aliphatic carbocycles. The molecule has 3 nitrogen and oxygen atoms in total. The van der Waals surface area contributed by atoms with Crippen molar-refractivity contribution in [2.45, 2.75) is 4.90 Å². The van der Waals surface area contributed by atoms with Gasteiger partial charge in [0.25, 0.3) is 0 Å². The molecule has 98 valence electrons. The average Bonchev–Trinajstić information content (AvgIpc) is 2.47. The minimum absolute atomic E-state index is 0.193. The van der Waals surface area contributed by atoms with Gasteiger partial charge in [0.2, 0.25) is 11.6 Å². The predicted molar refractivity (Wildman–Crippen MR) is 77.7 cm³/mol. The normalized spacial score (nSPS) is 13.9. The van der Waals surface area contributed by atoms with E-state index >= 15 is 0 Å². The molecular formula is C16H10O3S. The first-order chi connectivity index (χ1) is 9.65. The molecule has 0 aromatic heterocycles. The Morgan fingerprint density at radius 1 is 0.850 bits per heavy atom. The van der Waals surface area contributed by atoms with Gasteiger partial charge in [-0.2, -0.15) is 0 Å². The van der Waals surface area contributed by atoms with Crippen molar-refractivity contribution in [3.05, 3.63) is 65.7 Å². The van der Waals surface area contributed by atoms with Crippen molar-refractivity contribution in [2.24, 2.45) is 0 Å². The van der Waals surface area contributed by atoms with E-state index < -0.39 is 11.6 Å². The van der Waals surface area contributed by atoms with E-state index in [2.05, 4.69) is 0 Å². The summed E-state index contributed by atoms with van der Waals surface area (Å²) in [5, 5.41) is 9.27. The summed E-state index contributed by atoms with van der Waals surface area (Å²) in [7, 11) is 0. The van der Waals surface area contributed by atoms with Crippen molar-refractivity contribution < 1.29 is 14.7 Å². The summed E-state index contributed by atoms with van der Waals surface area (Å²) >= 11 is 1.40. The Labute approximate surface area is 119 Å². The van der Waals surface area contributed by atoms with Crippen LogP contribution in [0.1, 0.15) is 15.9 Å². The number of hydrogen-bond donors (Lipinski definition) is 1. The smallest absolute Gasteiger partial charge is 0.233 e. The number of phenolic OH excluding ortho intramolecular Hbond substituents is 1. The highest BCUT2D eigenvalue weighted by Crippen LogP contribution is 2.38. The van der Waals surface area contributed by atoms with Crippen LogP contribution in [0.3, 0.4) is 0 Å². The summed E-state index contributed by atoms with van der Waals surface area (Å²) in [4.78, 5) is 25.2. The van der Waals surface area contributed by atoms with E-state index in [1.807, 2.05) is 12.1 Å². The molecule has 20 heavy (non-hydrogen) atoms. The summed E-state index contributed by atoms with van der Waals surface area (Å²) in [6.07, 6.45) is 1.38. The number of allylic oxidation sites excluding steroid dienone is 1. The van der Waals surface area contributed by atoms with E-state index in [4.69, 9.17) is 0 Å². The van der Waals surface area contributed by atoms with Crippen LogP contribution >= 0.6 is 11.8 Å². The number of Topliss-reactive ketones (excluding diaryl/α,β-unsaturated/α-hetero) is 1. The number of phenols is 1. The predicted octanol–water partition coefficient (Wildman–Crippen LogP) is 3.29. The lowest BCUT2D eigenvalue weighted by atomic mass is 9.95. The molecule has 3 rings (SSSR count). The molecule has 0 saturated heterocycles. The highest BCUT2D eigenvalue weighted by Gasteiger charge is 2.25. The zero-order valence-corrected chi connectivity index (χ0v) is 11.2. The van der Waals surface area contributed by atoms with E-state index in [0.29, 0.717) is 5.56 Å². The van der Waals surface area contributed by atoms with Gasteiger partial charge >= 0.3 is 0 Å². The van der Waals surface area contributed by atoms with Gasteiger partial charge in [-0.3, -0.25) is 9.59 Å². The number of carbonyl (C=O) groups excluding carboxylic acids is 2. The van der Waals surface area contributed by atoms with Gasteiger partial charge in [0, 0.05) is 21.4 Å². The van der Waals surface area contributed by atoms with Crippen LogP contribution in [0.25, 0.3) is 4.91 Å². The Bertz CT molecular complexity index is 730. The molecule has 0 spiro atoms. The van der Waals surface area contributed by atoms with Crippen molar-refractivity contribution in [2.75, 3.05) is 0 Å². The van der Waals surface area contributed by atoms with Gasteiger partial charge in [-0.1, -0.05) is 36.0 Å². The van der Waals surface area contributed by atoms with Crippen molar-refractivity contribution in [1.82, 2.24) is 0 Å². The maximum atomic E-state index is 11.8. The zero-order valence-electron chi connectivity index (χ0n) is 10.4. The number of fused-ring (bicyclic) bond motifs is 1. The van der Waals surface area contributed by atoms with Crippen LogP contribution in [-0.2, 0) is 4.79 Å². The number of carbonyl (C=O) groups is 2. The summed E-state index contributed by atoms with van der Waals surface area (Å²) < 4.78 is 0. The number of hydrogen-bond acceptors (Lipinski definition) is 4. The lowest BCUT2D eigenvalue weighted by Gasteiger charge is -2.15. The second-order valence-electron chi connectivity index (χ2n) is 4.34. The van der Waals surface area contributed by atoms with E-state index in [9.17, 15) is 14.7 Å². The van der Waals surface area contributed by atoms with Crippen molar-refractivity contribution in [3.63, 3.8) is 0 Å². The minimum atomic E-state index is -0.495. The molecule has 1 aliphatic rings. The third-order valence-corrected chi connectivity index (χ3v) is 4.05. The van der Waals surface area contributed by atoms with Gasteiger partial charge < -0.3 is 5.11 Å². The molecule has 0 amide bonds. The number of ketones is 2. The lowest BCUT2D eigenvalue weighted by molar-refractivity contribution is -0.110. The van der Waals surface area contributed by atoms with Gasteiger partial charge in [-0.05, 0) is 29.8 Å². The Hall–Kier alpha value is -2.33. The highest BCUT2D eigenvalue weighted by atomic mass is 32.2. The van der Waals surface area contributed by atoms with Crippen molar-refractivity contribution >= 4 is 28.2 Å². The first-order valence-corrected chi connectivity index (χ1v) is 6.83. The molecule has 0 heterocycles. The van der Waals surface area contributed by atoms with Crippen LogP contribution < -0.4 is 0 Å². The Kier molecular flexibility index (Phi) is 3.16. The topological polar surface area (TPSA) is 54.4 Å².